The van der Waals surface area contributed by atoms with Gasteiger partial charge in [-0.25, -0.2) is 8.78 Å². The maximum Gasteiger partial charge on any atom is 0.241 e. The number of rotatable bonds is 3. The number of anilines is 1. The summed E-state index contributed by atoms with van der Waals surface area (Å²) in [5.41, 5.74) is 0.717. The van der Waals surface area contributed by atoms with E-state index in [1.807, 2.05) is 0 Å². The van der Waals surface area contributed by atoms with Crippen molar-refractivity contribution >= 4 is 17.3 Å². The zero-order chi connectivity index (χ0) is 14.6. The van der Waals surface area contributed by atoms with Gasteiger partial charge >= 0.3 is 0 Å². The van der Waals surface area contributed by atoms with Crippen molar-refractivity contribution in [2.75, 3.05) is 18.0 Å². The van der Waals surface area contributed by atoms with Crippen molar-refractivity contribution in [1.29, 1.82) is 0 Å². The van der Waals surface area contributed by atoms with Crippen LogP contribution in [-0.4, -0.2) is 23.2 Å². The molecule has 2 aromatic rings. The molecule has 1 saturated heterocycles. The number of nitrogens with zero attached hydrogens (tertiary/aromatic N) is 3. The van der Waals surface area contributed by atoms with Crippen molar-refractivity contribution in [1.82, 2.24) is 10.1 Å². The van der Waals surface area contributed by atoms with E-state index in [1.54, 1.807) is 6.07 Å². The van der Waals surface area contributed by atoms with E-state index in [1.165, 1.54) is 6.07 Å². The lowest BCUT2D eigenvalue weighted by Gasteiger charge is -2.21. The third-order valence-corrected chi connectivity index (χ3v) is 4.59. The van der Waals surface area contributed by atoms with E-state index in [-0.39, 0.29) is 5.88 Å². The van der Waals surface area contributed by atoms with Crippen LogP contribution in [-0.2, 0) is 5.88 Å². The molecule has 0 spiro atoms. The molecule has 2 aliphatic rings. The van der Waals surface area contributed by atoms with Gasteiger partial charge in [0.2, 0.25) is 5.89 Å². The zero-order valence-electron chi connectivity index (χ0n) is 11.0. The van der Waals surface area contributed by atoms with E-state index >= 15 is 0 Å². The molecule has 110 valence electrons. The van der Waals surface area contributed by atoms with Gasteiger partial charge in [0, 0.05) is 30.8 Å². The number of benzene rings is 1. The Labute approximate surface area is 124 Å². The van der Waals surface area contributed by atoms with Crippen LogP contribution < -0.4 is 4.90 Å². The van der Waals surface area contributed by atoms with Crippen molar-refractivity contribution < 1.29 is 13.3 Å². The molecule has 0 N–H and O–H groups in total. The van der Waals surface area contributed by atoms with Gasteiger partial charge in [0.05, 0.1) is 0 Å². The largest absolute Gasteiger partial charge is 0.371 e. The number of aromatic nitrogens is 2. The van der Waals surface area contributed by atoms with Crippen molar-refractivity contribution in [3.05, 3.63) is 41.5 Å². The van der Waals surface area contributed by atoms with Crippen LogP contribution in [0.2, 0.25) is 0 Å². The highest BCUT2D eigenvalue weighted by Gasteiger charge is 2.58. The summed E-state index contributed by atoms with van der Waals surface area (Å²) in [6.07, 6.45) is 0. The average molecular weight is 312 g/mol. The third kappa shape index (κ3) is 2.09. The first kappa shape index (κ1) is 13.0. The van der Waals surface area contributed by atoms with Gasteiger partial charge in [-0.1, -0.05) is 5.16 Å². The van der Waals surface area contributed by atoms with Crippen molar-refractivity contribution in [2.24, 2.45) is 11.8 Å². The number of piperidine rings is 1. The van der Waals surface area contributed by atoms with E-state index in [0.29, 0.717) is 29.5 Å². The second-order valence-corrected chi connectivity index (χ2v) is 5.80. The Morgan fingerprint density at radius 3 is 2.62 bits per heavy atom. The Balaban J connectivity index is 1.46. The molecular weight excluding hydrogens is 300 g/mol. The number of fused-ring (bicyclic) bond motifs is 1. The summed E-state index contributed by atoms with van der Waals surface area (Å²) in [5.74, 6) is 0.927. The molecule has 1 aliphatic heterocycles. The molecule has 1 saturated carbocycles. The Morgan fingerprint density at radius 2 is 2.00 bits per heavy atom. The van der Waals surface area contributed by atoms with Crippen LogP contribution in [0.15, 0.2) is 22.7 Å². The molecule has 4 rings (SSSR count). The lowest BCUT2D eigenvalue weighted by Crippen LogP contribution is -2.23. The molecular formula is C14H12ClF2N3O. The summed E-state index contributed by atoms with van der Waals surface area (Å²) in [6.45, 7) is 1.59. The molecule has 2 heterocycles. The van der Waals surface area contributed by atoms with Crippen LogP contribution >= 0.6 is 11.6 Å². The Bertz CT molecular complexity index is 681. The van der Waals surface area contributed by atoms with Gasteiger partial charge < -0.3 is 9.42 Å². The summed E-state index contributed by atoms with van der Waals surface area (Å²) >= 11 is 5.65. The second kappa shape index (κ2) is 4.66. The molecule has 0 bridgehead atoms. The van der Waals surface area contributed by atoms with Crippen LogP contribution in [0.4, 0.5) is 14.5 Å². The summed E-state index contributed by atoms with van der Waals surface area (Å²) in [6, 6.07) is 4.02. The van der Waals surface area contributed by atoms with E-state index in [4.69, 9.17) is 16.1 Å². The minimum Gasteiger partial charge on any atom is -0.371 e. The molecule has 4 nitrogen and oxygen atoms in total. The number of hydrogen-bond donors (Lipinski definition) is 0. The molecule has 7 heteroatoms. The number of halogens is 3. The molecule has 1 aromatic carbocycles. The predicted molar refractivity (Wildman–Crippen MR) is 72.1 cm³/mol. The summed E-state index contributed by atoms with van der Waals surface area (Å²) in [5, 5.41) is 3.96. The number of hydrogen-bond acceptors (Lipinski definition) is 4. The minimum absolute atomic E-state index is 0.218. The molecule has 0 radical (unpaired) electrons. The molecule has 21 heavy (non-hydrogen) atoms. The Hall–Kier alpha value is -1.69. The fourth-order valence-electron chi connectivity index (χ4n) is 3.26. The maximum absolute atomic E-state index is 13.3. The van der Waals surface area contributed by atoms with Crippen LogP contribution in [0.5, 0.6) is 0 Å². The highest BCUT2D eigenvalue weighted by Crippen LogP contribution is 2.57. The van der Waals surface area contributed by atoms with Gasteiger partial charge in [-0.3, -0.25) is 0 Å². The molecule has 1 aromatic heterocycles. The molecule has 2 fully saturated rings. The van der Waals surface area contributed by atoms with Gasteiger partial charge in [-0.05, 0) is 24.0 Å². The van der Waals surface area contributed by atoms with Crippen LogP contribution in [0.1, 0.15) is 17.6 Å². The van der Waals surface area contributed by atoms with Gasteiger partial charge in [0.1, 0.15) is 5.88 Å². The first-order valence-electron chi connectivity index (χ1n) is 6.76. The zero-order valence-corrected chi connectivity index (χ0v) is 11.7. The molecule has 1 aliphatic carbocycles. The summed E-state index contributed by atoms with van der Waals surface area (Å²) in [4.78, 5) is 6.33. The smallest absolute Gasteiger partial charge is 0.241 e. The van der Waals surface area contributed by atoms with E-state index in [9.17, 15) is 8.78 Å². The Kier molecular flexibility index (Phi) is 2.89. The normalized spacial score (nSPS) is 27.0. The van der Waals surface area contributed by atoms with Gasteiger partial charge in [-0.2, -0.15) is 4.98 Å². The third-order valence-electron chi connectivity index (χ3n) is 4.36. The van der Waals surface area contributed by atoms with Crippen molar-refractivity contribution in [3.8, 4) is 0 Å². The molecule has 0 unspecified atom stereocenters. The topological polar surface area (TPSA) is 42.2 Å². The predicted octanol–water partition coefficient (Wildman–Crippen LogP) is 2.94. The summed E-state index contributed by atoms with van der Waals surface area (Å²) in [7, 11) is 0. The van der Waals surface area contributed by atoms with Crippen LogP contribution in [0, 0.1) is 23.5 Å². The minimum atomic E-state index is -0.818. The molecule has 3 atom stereocenters. The van der Waals surface area contributed by atoms with Crippen LogP contribution in [0.3, 0.4) is 0 Å². The van der Waals surface area contributed by atoms with Gasteiger partial charge in [0.25, 0.3) is 0 Å². The van der Waals surface area contributed by atoms with E-state index in [2.05, 4.69) is 15.0 Å². The lowest BCUT2D eigenvalue weighted by atomic mass is 10.2. The highest BCUT2D eigenvalue weighted by atomic mass is 35.5. The first-order chi connectivity index (χ1) is 10.2. The maximum atomic E-state index is 13.3. The second-order valence-electron chi connectivity index (χ2n) is 5.54. The monoisotopic (exact) mass is 311 g/mol. The fourth-order valence-corrected chi connectivity index (χ4v) is 3.37. The van der Waals surface area contributed by atoms with E-state index < -0.39 is 11.6 Å². The van der Waals surface area contributed by atoms with Crippen molar-refractivity contribution in [3.63, 3.8) is 0 Å². The lowest BCUT2D eigenvalue weighted by molar-refractivity contribution is 0.383. The van der Waals surface area contributed by atoms with Crippen molar-refractivity contribution in [2.45, 2.75) is 11.8 Å². The van der Waals surface area contributed by atoms with E-state index in [0.717, 1.165) is 24.8 Å². The highest BCUT2D eigenvalue weighted by molar-refractivity contribution is 6.16. The Morgan fingerprint density at radius 1 is 1.24 bits per heavy atom. The van der Waals surface area contributed by atoms with Gasteiger partial charge in [-0.15, -0.1) is 11.6 Å². The van der Waals surface area contributed by atoms with Crippen LogP contribution in [0.25, 0.3) is 0 Å². The summed E-state index contributed by atoms with van der Waals surface area (Å²) < 4.78 is 31.3. The SMILES string of the molecule is Fc1ccc(N2C[C@@H]3[C@H](C2)[C@@H]3c2noc(CCl)n2)cc1F. The average Bonchev–Trinajstić information content (AvgIpc) is 2.88. The quantitative estimate of drug-likeness (QED) is 0.817. The first-order valence-corrected chi connectivity index (χ1v) is 7.29. The van der Waals surface area contributed by atoms with Gasteiger partial charge in [0.15, 0.2) is 17.5 Å². The standard InChI is InChI=1S/C14H12ClF2N3O/c15-4-12-18-14(19-21-12)13-8-5-20(6-9(8)13)7-1-2-10(16)11(17)3-7/h1-3,8-9,13H,4-6H2/t8-,9+,13-. The number of alkyl halides is 1. The fraction of sp³-hybridized carbons (Fsp3) is 0.429. The molecule has 0 amide bonds.